The van der Waals surface area contributed by atoms with Crippen molar-refractivity contribution in [3.05, 3.63) is 84.1 Å². The van der Waals surface area contributed by atoms with Gasteiger partial charge in [0.05, 0.1) is 35.8 Å². The van der Waals surface area contributed by atoms with E-state index >= 15 is 0 Å². The molecule has 0 spiro atoms. The van der Waals surface area contributed by atoms with Crippen LogP contribution in [0.3, 0.4) is 0 Å². The Hall–Kier alpha value is -5.10. The Labute approximate surface area is 240 Å². The van der Waals surface area contributed by atoms with E-state index in [0.29, 0.717) is 22.6 Å². The largest absolute Gasteiger partial charge is 0.453 e. The van der Waals surface area contributed by atoms with E-state index in [1.54, 1.807) is 36.8 Å². The van der Waals surface area contributed by atoms with E-state index in [1.165, 1.54) is 13.5 Å². The van der Waals surface area contributed by atoms with Crippen LogP contribution in [0.15, 0.2) is 67.1 Å². The van der Waals surface area contributed by atoms with Crippen LogP contribution in [0.5, 0.6) is 0 Å². The Morgan fingerprint density at radius 1 is 0.976 bits per heavy atom. The highest BCUT2D eigenvalue weighted by atomic mass is 16.5. The van der Waals surface area contributed by atoms with Gasteiger partial charge < -0.3 is 10.1 Å². The average molecular weight is 551 g/mol. The van der Waals surface area contributed by atoms with Gasteiger partial charge in [0.15, 0.2) is 0 Å². The number of terminal acetylenes is 1. The molecule has 0 bridgehead atoms. The van der Waals surface area contributed by atoms with Crippen molar-refractivity contribution >= 4 is 23.6 Å². The second-order valence-corrected chi connectivity index (χ2v) is 9.68. The lowest BCUT2D eigenvalue weighted by Crippen LogP contribution is -2.18. The second kappa shape index (κ2) is 13.8. The van der Waals surface area contributed by atoms with E-state index in [1.807, 2.05) is 51.1 Å². The molecule has 3 heterocycles. The van der Waals surface area contributed by atoms with Crippen molar-refractivity contribution in [1.29, 1.82) is 0 Å². The zero-order chi connectivity index (χ0) is 30.0. The Balaban J connectivity index is 0.00000147. The fourth-order valence-corrected chi connectivity index (χ4v) is 3.65. The topological polar surface area (TPSA) is 119 Å². The van der Waals surface area contributed by atoms with Gasteiger partial charge in [0.2, 0.25) is 5.95 Å². The van der Waals surface area contributed by atoms with Crippen LogP contribution >= 0.6 is 0 Å². The molecule has 0 saturated heterocycles. The first kappa shape index (κ1) is 30.4. The summed E-state index contributed by atoms with van der Waals surface area (Å²) < 4.78 is 4.60. The Kier molecular flexibility index (Phi) is 10.3. The molecule has 0 unspecified atom stereocenters. The summed E-state index contributed by atoms with van der Waals surface area (Å²) in [5.41, 5.74) is 4.98. The predicted molar refractivity (Wildman–Crippen MR) is 161 cm³/mol. The lowest BCUT2D eigenvalue weighted by Gasteiger charge is -2.17. The molecule has 9 heteroatoms. The molecular formula is C32H34N6O3. The van der Waals surface area contributed by atoms with E-state index in [-0.39, 0.29) is 11.9 Å². The van der Waals surface area contributed by atoms with Crippen LogP contribution in [-0.2, 0) is 10.2 Å². The molecule has 2 amide bonds. The molecule has 0 saturated carbocycles. The van der Waals surface area contributed by atoms with Crippen LogP contribution in [0, 0.1) is 19.3 Å². The van der Waals surface area contributed by atoms with Crippen molar-refractivity contribution in [1.82, 2.24) is 19.9 Å². The minimum absolute atomic E-state index is 0.132. The molecular weight excluding hydrogens is 516 g/mol. The SMILES string of the molecule is C#CC(C)(C)c1cc(C(=O)Nc2cnc(C)c(-c3cccc(-c4ccnc(NC(=O)OC)n4)c3)c2)ccn1.CCC. The van der Waals surface area contributed by atoms with Gasteiger partial charge in [-0.3, -0.25) is 20.1 Å². The van der Waals surface area contributed by atoms with Crippen LogP contribution in [0.1, 0.15) is 55.9 Å². The third-order valence-electron chi connectivity index (χ3n) is 5.89. The minimum atomic E-state index is -0.654. The number of rotatable bonds is 6. The van der Waals surface area contributed by atoms with Crippen LogP contribution < -0.4 is 10.6 Å². The van der Waals surface area contributed by atoms with E-state index in [0.717, 1.165) is 22.4 Å². The van der Waals surface area contributed by atoms with E-state index in [9.17, 15) is 9.59 Å². The number of aromatic nitrogens is 4. The standard InChI is InChI=1S/C29H26N6O3.C3H8/c1-6-29(3,4)25-15-21(10-12-30-25)26(36)33-22-16-23(18(2)32-17-22)19-8-7-9-20(14-19)24-11-13-31-27(34-24)35-28(37)38-5;1-3-2/h1,7-17H,2-5H3,(H,33,36)(H,31,34,35,37);3H2,1-2H3. The van der Waals surface area contributed by atoms with Crippen molar-refractivity contribution in [3.8, 4) is 34.7 Å². The molecule has 9 nitrogen and oxygen atoms in total. The number of ether oxygens (including phenoxy) is 1. The molecule has 41 heavy (non-hydrogen) atoms. The van der Waals surface area contributed by atoms with Gasteiger partial charge >= 0.3 is 6.09 Å². The van der Waals surface area contributed by atoms with Crippen molar-refractivity contribution in [2.75, 3.05) is 17.7 Å². The maximum absolute atomic E-state index is 13.0. The lowest BCUT2D eigenvalue weighted by atomic mass is 9.89. The quantitative estimate of drug-likeness (QED) is 0.257. The van der Waals surface area contributed by atoms with Crippen molar-refractivity contribution in [2.45, 2.75) is 46.5 Å². The molecule has 0 aliphatic rings. The second-order valence-electron chi connectivity index (χ2n) is 9.68. The molecule has 4 aromatic rings. The number of aryl methyl sites for hydroxylation is 1. The van der Waals surface area contributed by atoms with Crippen LogP contribution in [0.4, 0.5) is 16.4 Å². The number of hydrogen-bond acceptors (Lipinski definition) is 7. The summed E-state index contributed by atoms with van der Waals surface area (Å²) in [6.45, 7) is 9.90. The van der Waals surface area contributed by atoms with Crippen molar-refractivity contribution in [2.24, 2.45) is 0 Å². The minimum Gasteiger partial charge on any atom is -0.453 e. The van der Waals surface area contributed by atoms with Crippen molar-refractivity contribution in [3.63, 3.8) is 0 Å². The summed E-state index contributed by atoms with van der Waals surface area (Å²) in [6, 6.07) is 14.7. The first-order valence-corrected chi connectivity index (χ1v) is 13.1. The molecule has 0 aliphatic heterocycles. The molecule has 0 radical (unpaired) electrons. The number of carbonyl (C=O) groups is 2. The molecule has 0 atom stereocenters. The number of benzene rings is 1. The van der Waals surface area contributed by atoms with E-state index < -0.39 is 11.5 Å². The summed E-state index contributed by atoms with van der Waals surface area (Å²) in [5.74, 6) is 2.54. The fourth-order valence-electron chi connectivity index (χ4n) is 3.65. The highest BCUT2D eigenvalue weighted by Gasteiger charge is 2.20. The maximum atomic E-state index is 13.0. The number of hydrogen-bond donors (Lipinski definition) is 2. The molecule has 3 aromatic heterocycles. The number of nitrogens with one attached hydrogen (secondary N) is 2. The Morgan fingerprint density at radius 3 is 2.39 bits per heavy atom. The first-order valence-electron chi connectivity index (χ1n) is 13.1. The van der Waals surface area contributed by atoms with E-state index in [4.69, 9.17) is 6.42 Å². The smallest absolute Gasteiger partial charge is 0.413 e. The number of methoxy groups -OCH3 is 1. The zero-order valence-corrected chi connectivity index (χ0v) is 24.1. The van der Waals surface area contributed by atoms with Gasteiger partial charge in [-0.1, -0.05) is 44.4 Å². The average Bonchev–Trinajstić information content (AvgIpc) is 2.98. The van der Waals surface area contributed by atoms with Gasteiger partial charge in [-0.2, -0.15) is 0 Å². The monoisotopic (exact) mass is 550 g/mol. The number of amides is 2. The predicted octanol–water partition coefficient (Wildman–Crippen LogP) is 6.67. The van der Waals surface area contributed by atoms with Gasteiger partial charge in [0.25, 0.3) is 5.91 Å². The molecule has 210 valence electrons. The third-order valence-corrected chi connectivity index (χ3v) is 5.89. The summed E-state index contributed by atoms with van der Waals surface area (Å²) in [7, 11) is 1.27. The Bertz CT molecular complexity index is 1580. The number of nitrogens with zero attached hydrogens (tertiary/aromatic N) is 4. The highest BCUT2D eigenvalue weighted by Crippen LogP contribution is 2.29. The van der Waals surface area contributed by atoms with Gasteiger partial charge in [0.1, 0.15) is 0 Å². The summed E-state index contributed by atoms with van der Waals surface area (Å²) in [5, 5.41) is 5.38. The van der Waals surface area contributed by atoms with Gasteiger partial charge in [0, 0.05) is 34.8 Å². The summed E-state index contributed by atoms with van der Waals surface area (Å²) >= 11 is 0. The van der Waals surface area contributed by atoms with E-state index in [2.05, 4.69) is 55.1 Å². The Morgan fingerprint density at radius 2 is 1.68 bits per heavy atom. The molecule has 4 rings (SSSR count). The maximum Gasteiger partial charge on any atom is 0.413 e. The zero-order valence-electron chi connectivity index (χ0n) is 24.1. The van der Waals surface area contributed by atoms with Crippen LogP contribution in [0.2, 0.25) is 0 Å². The fraction of sp³-hybridized carbons (Fsp3) is 0.250. The molecule has 0 aliphatic carbocycles. The summed E-state index contributed by atoms with van der Waals surface area (Å²) in [4.78, 5) is 41.8. The lowest BCUT2D eigenvalue weighted by molar-refractivity contribution is 0.102. The van der Waals surface area contributed by atoms with Gasteiger partial charge in [-0.25, -0.2) is 14.8 Å². The molecule has 2 N–H and O–H groups in total. The number of carbonyl (C=O) groups excluding carboxylic acids is 2. The van der Waals surface area contributed by atoms with Gasteiger partial charge in [-0.05, 0) is 56.7 Å². The molecule has 0 fully saturated rings. The van der Waals surface area contributed by atoms with Crippen molar-refractivity contribution < 1.29 is 14.3 Å². The van der Waals surface area contributed by atoms with Gasteiger partial charge in [-0.15, -0.1) is 6.42 Å². The molecule has 1 aromatic carbocycles. The third kappa shape index (κ3) is 7.96. The number of pyridine rings is 2. The first-order chi connectivity index (χ1) is 19.6. The summed E-state index contributed by atoms with van der Waals surface area (Å²) in [6.07, 6.45) is 11.0. The van der Waals surface area contributed by atoms with Crippen LogP contribution in [-0.4, -0.2) is 39.0 Å². The number of anilines is 2. The van der Waals surface area contributed by atoms with Crippen LogP contribution in [0.25, 0.3) is 22.4 Å². The normalized spacial score (nSPS) is 10.5. The highest BCUT2D eigenvalue weighted by molar-refractivity contribution is 6.04.